The molecule has 1 atom stereocenters. The van der Waals surface area contributed by atoms with Gasteiger partial charge in [-0.1, -0.05) is 24.3 Å². The minimum absolute atomic E-state index is 0.255. The number of nitrogens with one attached hydrogen (secondary N) is 1. The van der Waals surface area contributed by atoms with Gasteiger partial charge in [0, 0.05) is 26.2 Å². The molecule has 0 aliphatic carbocycles. The predicted molar refractivity (Wildman–Crippen MR) is 90.8 cm³/mol. The lowest BCUT2D eigenvalue weighted by molar-refractivity contribution is -0.274. The smallest absolute Gasteiger partial charge is 0.404 e. The molecule has 2 heterocycles. The molecule has 1 aromatic heterocycles. The van der Waals surface area contributed by atoms with Crippen molar-refractivity contribution in [3.05, 3.63) is 53.7 Å². The summed E-state index contributed by atoms with van der Waals surface area (Å²) in [5, 5.41) is 13.1. The van der Waals surface area contributed by atoms with Gasteiger partial charge in [-0.15, -0.1) is 13.2 Å². The topological polar surface area (TPSA) is 57.6 Å². The molecular weight excluding hydrogens is 347 g/mol. The largest absolute Gasteiger partial charge is 0.573 e. The second kappa shape index (κ2) is 7.92. The van der Waals surface area contributed by atoms with E-state index in [2.05, 4.69) is 32.1 Å². The number of pyridine rings is 1. The van der Waals surface area contributed by atoms with Crippen molar-refractivity contribution in [2.24, 2.45) is 0 Å². The lowest BCUT2D eigenvalue weighted by Gasteiger charge is -2.30. The van der Waals surface area contributed by atoms with Crippen molar-refractivity contribution in [1.82, 2.24) is 9.88 Å². The number of aliphatic hydroxyl groups excluding tert-OH is 1. The van der Waals surface area contributed by atoms with Gasteiger partial charge in [-0.3, -0.25) is 4.90 Å². The summed E-state index contributed by atoms with van der Waals surface area (Å²) < 4.78 is 40.1. The van der Waals surface area contributed by atoms with Gasteiger partial charge in [-0.2, -0.15) is 0 Å². The van der Waals surface area contributed by atoms with E-state index in [1.54, 1.807) is 0 Å². The summed E-state index contributed by atoms with van der Waals surface area (Å²) in [4.78, 5) is 6.03. The first kappa shape index (κ1) is 18.5. The number of nitrogens with zero attached hydrogens (tertiary/aromatic N) is 2. The Morgan fingerprint density at radius 3 is 2.65 bits per heavy atom. The zero-order valence-electron chi connectivity index (χ0n) is 14.0. The molecule has 2 aromatic rings. The van der Waals surface area contributed by atoms with Crippen LogP contribution in [0.15, 0.2) is 42.6 Å². The van der Waals surface area contributed by atoms with Crippen molar-refractivity contribution in [2.75, 3.05) is 25.0 Å². The second-order valence-corrected chi connectivity index (χ2v) is 6.22. The molecule has 0 saturated carbocycles. The molecule has 1 aliphatic rings. The molecule has 0 fully saturated rings. The third kappa shape index (κ3) is 5.34. The molecule has 1 aliphatic heterocycles. The maximum atomic E-state index is 12.1. The number of alkyl halides is 3. The Hall–Kier alpha value is -2.32. The van der Waals surface area contributed by atoms with Crippen molar-refractivity contribution in [3.8, 4) is 5.75 Å². The van der Waals surface area contributed by atoms with Crippen molar-refractivity contribution >= 4 is 5.82 Å². The van der Waals surface area contributed by atoms with E-state index in [0.717, 1.165) is 25.7 Å². The molecular formula is C18H20F3N3O2. The highest BCUT2D eigenvalue weighted by molar-refractivity contribution is 5.37. The number of hydrogen-bond donors (Lipinski definition) is 2. The number of ether oxygens (including phenoxy) is 1. The van der Waals surface area contributed by atoms with Crippen LogP contribution in [0, 0.1) is 0 Å². The lowest BCUT2D eigenvalue weighted by atomic mass is 10.00. The van der Waals surface area contributed by atoms with Gasteiger partial charge in [-0.25, -0.2) is 4.98 Å². The van der Waals surface area contributed by atoms with Crippen LogP contribution in [0.4, 0.5) is 19.0 Å². The zero-order valence-corrected chi connectivity index (χ0v) is 14.0. The summed E-state index contributed by atoms with van der Waals surface area (Å²) in [6.45, 7) is 2.45. The Morgan fingerprint density at radius 2 is 1.96 bits per heavy atom. The van der Waals surface area contributed by atoms with Crippen LogP contribution in [0.2, 0.25) is 0 Å². The highest BCUT2D eigenvalue weighted by atomic mass is 19.4. The molecule has 0 radical (unpaired) electrons. The quantitative estimate of drug-likeness (QED) is 0.822. The van der Waals surface area contributed by atoms with Gasteiger partial charge in [0.1, 0.15) is 11.6 Å². The molecule has 5 nitrogen and oxygen atoms in total. The Bertz CT molecular complexity index is 722. The third-order valence-electron chi connectivity index (χ3n) is 4.17. The molecule has 8 heteroatoms. The molecule has 0 bridgehead atoms. The Labute approximate surface area is 149 Å². The van der Waals surface area contributed by atoms with Crippen LogP contribution < -0.4 is 10.1 Å². The monoisotopic (exact) mass is 367 g/mol. The average molecular weight is 367 g/mol. The molecule has 0 spiro atoms. The first-order valence-corrected chi connectivity index (χ1v) is 8.32. The SMILES string of the molecule is OC(CNc1ccc(OC(F)(F)F)cn1)CN1CCc2ccccc2C1. The summed E-state index contributed by atoms with van der Waals surface area (Å²) in [6.07, 6.45) is -3.41. The van der Waals surface area contributed by atoms with Gasteiger partial charge in [-0.05, 0) is 29.7 Å². The lowest BCUT2D eigenvalue weighted by Crippen LogP contribution is -2.39. The van der Waals surface area contributed by atoms with E-state index in [0.29, 0.717) is 12.4 Å². The van der Waals surface area contributed by atoms with E-state index in [9.17, 15) is 18.3 Å². The van der Waals surface area contributed by atoms with E-state index < -0.39 is 12.5 Å². The fourth-order valence-electron chi connectivity index (χ4n) is 2.97. The Kier molecular flexibility index (Phi) is 5.63. The normalized spacial score (nSPS) is 16.0. The molecule has 26 heavy (non-hydrogen) atoms. The Balaban J connectivity index is 1.45. The van der Waals surface area contributed by atoms with Gasteiger partial charge < -0.3 is 15.2 Å². The van der Waals surface area contributed by atoms with Crippen molar-refractivity contribution in [3.63, 3.8) is 0 Å². The van der Waals surface area contributed by atoms with Gasteiger partial charge in [0.15, 0.2) is 0 Å². The van der Waals surface area contributed by atoms with Crippen LogP contribution in [-0.4, -0.2) is 47.1 Å². The number of anilines is 1. The van der Waals surface area contributed by atoms with E-state index in [1.165, 1.54) is 23.3 Å². The second-order valence-electron chi connectivity index (χ2n) is 6.22. The van der Waals surface area contributed by atoms with Crippen LogP contribution in [0.25, 0.3) is 0 Å². The van der Waals surface area contributed by atoms with Crippen LogP contribution >= 0.6 is 0 Å². The summed E-state index contributed by atoms with van der Waals surface area (Å²) in [7, 11) is 0. The van der Waals surface area contributed by atoms with Gasteiger partial charge in [0.2, 0.25) is 0 Å². The molecule has 0 amide bonds. The van der Waals surface area contributed by atoms with E-state index in [-0.39, 0.29) is 12.3 Å². The third-order valence-corrected chi connectivity index (χ3v) is 4.17. The van der Waals surface area contributed by atoms with E-state index in [4.69, 9.17) is 0 Å². The number of aliphatic hydroxyl groups is 1. The highest BCUT2D eigenvalue weighted by Crippen LogP contribution is 2.22. The highest BCUT2D eigenvalue weighted by Gasteiger charge is 2.31. The number of aromatic nitrogens is 1. The predicted octanol–water partition coefficient (Wildman–Crippen LogP) is 2.81. The summed E-state index contributed by atoms with van der Waals surface area (Å²) in [6, 6.07) is 10.8. The number of rotatable bonds is 6. The van der Waals surface area contributed by atoms with Crippen LogP contribution in [-0.2, 0) is 13.0 Å². The van der Waals surface area contributed by atoms with Crippen LogP contribution in [0.3, 0.4) is 0 Å². The molecule has 1 aromatic carbocycles. The van der Waals surface area contributed by atoms with Crippen molar-refractivity contribution < 1.29 is 23.0 Å². The van der Waals surface area contributed by atoms with Gasteiger partial charge in [0.05, 0.1) is 12.3 Å². The van der Waals surface area contributed by atoms with Crippen LogP contribution in [0.5, 0.6) is 5.75 Å². The first-order chi connectivity index (χ1) is 12.4. The standard InChI is InChI=1S/C18H20F3N3O2/c19-18(20,21)26-16-5-6-17(23-10-16)22-9-15(25)12-24-8-7-13-3-1-2-4-14(13)11-24/h1-6,10,15,25H,7-9,11-12H2,(H,22,23). The molecule has 1 unspecified atom stereocenters. The molecule has 0 saturated heterocycles. The number of fused-ring (bicyclic) bond motifs is 1. The van der Waals surface area contributed by atoms with E-state index in [1.807, 2.05) is 12.1 Å². The number of hydrogen-bond acceptors (Lipinski definition) is 5. The molecule has 3 rings (SSSR count). The number of benzene rings is 1. The van der Waals surface area contributed by atoms with Gasteiger partial charge >= 0.3 is 6.36 Å². The molecule has 140 valence electrons. The summed E-state index contributed by atoms with van der Waals surface area (Å²) in [5.74, 6) is -0.00172. The van der Waals surface area contributed by atoms with E-state index >= 15 is 0 Å². The fourth-order valence-corrected chi connectivity index (χ4v) is 2.97. The van der Waals surface area contributed by atoms with Crippen LogP contribution in [0.1, 0.15) is 11.1 Å². The Morgan fingerprint density at radius 1 is 1.19 bits per heavy atom. The summed E-state index contributed by atoms with van der Waals surface area (Å²) >= 11 is 0. The maximum Gasteiger partial charge on any atom is 0.573 e. The summed E-state index contributed by atoms with van der Waals surface area (Å²) in [5.41, 5.74) is 2.63. The maximum absolute atomic E-state index is 12.1. The first-order valence-electron chi connectivity index (χ1n) is 8.32. The fraction of sp³-hybridized carbons (Fsp3) is 0.389. The average Bonchev–Trinajstić information content (AvgIpc) is 2.60. The molecule has 2 N–H and O–H groups in total. The minimum atomic E-state index is -4.74. The number of β-amino-alcohol motifs (C(OH)–C–C–N with tert-alkyl or cyclic N) is 1. The minimum Gasteiger partial charge on any atom is -0.404 e. The number of halogens is 3. The zero-order chi connectivity index (χ0) is 18.6. The van der Waals surface area contributed by atoms with Gasteiger partial charge in [0.25, 0.3) is 0 Å². The van der Waals surface area contributed by atoms with Crippen molar-refractivity contribution in [2.45, 2.75) is 25.4 Å². The van der Waals surface area contributed by atoms with Crippen molar-refractivity contribution in [1.29, 1.82) is 0 Å².